The first kappa shape index (κ1) is 27.9. The first-order chi connectivity index (χ1) is 17.2. The topological polar surface area (TPSA) is 55.8 Å². The number of hydrogen-bond acceptors (Lipinski definition) is 4. The van der Waals surface area contributed by atoms with E-state index in [2.05, 4.69) is 40.3 Å². The average Bonchev–Trinajstić information content (AvgIpc) is 3.19. The molecule has 204 valence electrons. The van der Waals surface area contributed by atoms with Crippen LogP contribution in [-0.4, -0.2) is 37.0 Å². The Kier molecular flexibility index (Phi) is 9.08. The van der Waals surface area contributed by atoms with Gasteiger partial charge in [-0.3, -0.25) is 0 Å². The second-order valence-corrected chi connectivity index (χ2v) is 13.4. The molecule has 1 N–H and O–H groups in total. The SMILES string of the molecule is C=C(CO)C(=O)OCCO[C@H]1CC[C@@]2(C)C(=CCC3C2CC[C@@]2(C)C3CC[C@@H]2CCCCC(C)C)C1. The average molecular weight is 501 g/mol. The van der Waals surface area contributed by atoms with Crippen molar-refractivity contribution in [3.63, 3.8) is 0 Å². The Morgan fingerprint density at radius 2 is 1.92 bits per heavy atom. The standard InChI is InChI=1S/C32H52O4/c1-22(2)8-6-7-9-24-11-13-28-27-12-10-25-20-26(35-18-19-36-30(34)23(3)21-33)14-16-32(25,5)29(27)15-17-31(24,28)4/h10,22,24,26-29,33H,3,6-9,11-21H2,1-2,4-5H3/t24-,26-,27?,28?,29?,31+,32-/m0/s1. The molecule has 4 nitrogen and oxygen atoms in total. The van der Waals surface area contributed by atoms with Crippen LogP contribution in [0.1, 0.15) is 105 Å². The second kappa shape index (κ2) is 11.7. The summed E-state index contributed by atoms with van der Waals surface area (Å²) in [5, 5.41) is 8.98. The molecule has 0 heterocycles. The van der Waals surface area contributed by atoms with Gasteiger partial charge in [-0.1, -0.05) is 65.2 Å². The highest BCUT2D eigenvalue weighted by Gasteiger charge is 2.58. The Morgan fingerprint density at radius 3 is 2.67 bits per heavy atom. The van der Waals surface area contributed by atoms with Gasteiger partial charge in [-0.05, 0) is 98.2 Å². The van der Waals surface area contributed by atoms with Gasteiger partial charge in [0.25, 0.3) is 0 Å². The summed E-state index contributed by atoms with van der Waals surface area (Å²) in [4.78, 5) is 11.7. The summed E-state index contributed by atoms with van der Waals surface area (Å²) in [6.45, 7) is 13.7. The predicted octanol–water partition coefficient (Wildman–Crippen LogP) is 7.26. The Labute approximate surface area is 220 Å². The quantitative estimate of drug-likeness (QED) is 0.140. The van der Waals surface area contributed by atoms with Crippen LogP contribution in [0.4, 0.5) is 0 Å². The largest absolute Gasteiger partial charge is 0.460 e. The van der Waals surface area contributed by atoms with Crippen LogP contribution in [0.2, 0.25) is 0 Å². The first-order valence-electron chi connectivity index (χ1n) is 15.0. The highest BCUT2D eigenvalue weighted by atomic mass is 16.6. The van der Waals surface area contributed by atoms with Crippen molar-refractivity contribution in [2.75, 3.05) is 19.8 Å². The molecule has 4 aliphatic rings. The molecule has 0 saturated heterocycles. The molecule has 7 atom stereocenters. The number of fused-ring (bicyclic) bond motifs is 5. The number of carbonyl (C=O) groups is 1. The van der Waals surface area contributed by atoms with Gasteiger partial charge in [-0.15, -0.1) is 0 Å². The number of aliphatic hydroxyl groups is 1. The first-order valence-corrected chi connectivity index (χ1v) is 15.0. The van der Waals surface area contributed by atoms with E-state index in [-0.39, 0.29) is 24.9 Å². The van der Waals surface area contributed by atoms with Crippen molar-refractivity contribution >= 4 is 5.97 Å². The zero-order chi connectivity index (χ0) is 25.9. The maximum Gasteiger partial charge on any atom is 0.335 e. The molecule has 0 aromatic heterocycles. The van der Waals surface area contributed by atoms with Gasteiger partial charge in [0.05, 0.1) is 24.9 Å². The lowest BCUT2D eigenvalue weighted by Gasteiger charge is -2.58. The number of esters is 1. The molecule has 0 radical (unpaired) electrons. The number of aliphatic hydroxyl groups excluding tert-OH is 1. The van der Waals surface area contributed by atoms with E-state index in [1.54, 1.807) is 5.57 Å². The van der Waals surface area contributed by atoms with Crippen molar-refractivity contribution in [1.29, 1.82) is 0 Å². The van der Waals surface area contributed by atoms with Gasteiger partial charge in [0.2, 0.25) is 0 Å². The van der Waals surface area contributed by atoms with Crippen molar-refractivity contribution in [2.45, 2.75) is 111 Å². The lowest BCUT2D eigenvalue weighted by atomic mass is 9.47. The molecule has 4 rings (SSSR count). The lowest BCUT2D eigenvalue weighted by molar-refractivity contribution is -0.142. The number of hydrogen-bond donors (Lipinski definition) is 1. The molecule has 0 aliphatic heterocycles. The van der Waals surface area contributed by atoms with E-state index in [1.165, 1.54) is 64.2 Å². The van der Waals surface area contributed by atoms with Crippen molar-refractivity contribution in [3.8, 4) is 0 Å². The molecule has 36 heavy (non-hydrogen) atoms. The molecule has 0 bridgehead atoms. The zero-order valence-electron chi connectivity index (χ0n) is 23.5. The van der Waals surface area contributed by atoms with Crippen LogP contribution >= 0.6 is 0 Å². The van der Waals surface area contributed by atoms with Gasteiger partial charge in [0.1, 0.15) is 6.61 Å². The number of carbonyl (C=O) groups excluding carboxylic acids is 1. The molecule has 0 aromatic rings. The van der Waals surface area contributed by atoms with E-state index in [0.717, 1.165) is 42.4 Å². The van der Waals surface area contributed by atoms with Crippen LogP contribution in [0.25, 0.3) is 0 Å². The van der Waals surface area contributed by atoms with Gasteiger partial charge < -0.3 is 14.6 Å². The number of rotatable bonds is 11. The Morgan fingerprint density at radius 1 is 1.11 bits per heavy atom. The number of unbranched alkanes of at least 4 members (excludes halogenated alkanes) is 1. The summed E-state index contributed by atoms with van der Waals surface area (Å²) in [7, 11) is 0. The van der Waals surface area contributed by atoms with E-state index in [0.29, 0.717) is 17.4 Å². The highest BCUT2D eigenvalue weighted by molar-refractivity contribution is 5.87. The van der Waals surface area contributed by atoms with Crippen LogP contribution < -0.4 is 0 Å². The van der Waals surface area contributed by atoms with Crippen molar-refractivity contribution in [2.24, 2.45) is 40.4 Å². The minimum Gasteiger partial charge on any atom is -0.460 e. The maximum absolute atomic E-state index is 11.7. The van der Waals surface area contributed by atoms with E-state index >= 15 is 0 Å². The summed E-state index contributed by atoms with van der Waals surface area (Å²) < 4.78 is 11.3. The third-order valence-electron chi connectivity index (χ3n) is 11.0. The van der Waals surface area contributed by atoms with Gasteiger partial charge in [0.15, 0.2) is 0 Å². The Balaban J connectivity index is 1.31. The number of ether oxygens (including phenoxy) is 2. The van der Waals surface area contributed by atoms with Crippen LogP contribution in [-0.2, 0) is 14.3 Å². The molecule has 0 spiro atoms. The van der Waals surface area contributed by atoms with Crippen LogP contribution in [0.3, 0.4) is 0 Å². The minimum atomic E-state index is -0.535. The fourth-order valence-electron chi connectivity index (χ4n) is 8.81. The molecular weight excluding hydrogens is 448 g/mol. The summed E-state index contributed by atoms with van der Waals surface area (Å²) >= 11 is 0. The fourth-order valence-corrected chi connectivity index (χ4v) is 8.81. The van der Waals surface area contributed by atoms with Gasteiger partial charge in [-0.2, -0.15) is 0 Å². The van der Waals surface area contributed by atoms with Gasteiger partial charge >= 0.3 is 5.97 Å². The molecule has 0 amide bonds. The van der Waals surface area contributed by atoms with Crippen molar-refractivity contribution < 1.29 is 19.4 Å². The van der Waals surface area contributed by atoms with E-state index in [9.17, 15) is 4.79 Å². The van der Waals surface area contributed by atoms with Crippen molar-refractivity contribution in [1.82, 2.24) is 0 Å². The van der Waals surface area contributed by atoms with Gasteiger partial charge in [-0.25, -0.2) is 4.79 Å². The summed E-state index contributed by atoms with van der Waals surface area (Å²) in [5.74, 6) is 3.87. The molecular formula is C32H52O4. The lowest BCUT2D eigenvalue weighted by Crippen LogP contribution is -2.50. The second-order valence-electron chi connectivity index (χ2n) is 13.4. The summed E-state index contributed by atoms with van der Waals surface area (Å²) in [6, 6.07) is 0. The Hall–Kier alpha value is -1.13. The predicted molar refractivity (Wildman–Crippen MR) is 145 cm³/mol. The summed E-state index contributed by atoms with van der Waals surface area (Å²) in [5.41, 5.74) is 2.64. The van der Waals surface area contributed by atoms with Crippen LogP contribution in [0.5, 0.6) is 0 Å². The number of allylic oxidation sites excluding steroid dienone is 1. The molecule has 4 heteroatoms. The van der Waals surface area contributed by atoms with Crippen molar-refractivity contribution in [3.05, 3.63) is 23.8 Å². The molecule has 3 saturated carbocycles. The van der Waals surface area contributed by atoms with E-state index in [4.69, 9.17) is 14.6 Å². The minimum absolute atomic E-state index is 0.0913. The molecule has 4 aliphatic carbocycles. The highest BCUT2D eigenvalue weighted by Crippen LogP contribution is 2.66. The Bertz CT molecular complexity index is 815. The molecule has 3 unspecified atom stereocenters. The van der Waals surface area contributed by atoms with Crippen LogP contribution in [0, 0.1) is 40.4 Å². The zero-order valence-corrected chi connectivity index (χ0v) is 23.5. The molecule has 3 fully saturated rings. The van der Waals surface area contributed by atoms with Gasteiger partial charge in [0, 0.05) is 0 Å². The fraction of sp³-hybridized carbons (Fsp3) is 0.844. The van der Waals surface area contributed by atoms with E-state index < -0.39 is 5.97 Å². The summed E-state index contributed by atoms with van der Waals surface area (Å²) in [6.07, 6.45) is 18.9. The van der Waals surface area contributed by atoms with E-state index in [1.807, 2.05) is 0 Å². The third kappa shape index (κ3) is 5.65. The normalized spacial score (nSPS) is 37.6. The monoisotopic (exact) mass is 500 g/mol. The van der Waals surface area contributed by atoms with Crippen LogP contribution in [0.15, 0.2) is 23.8 Å². The third-order valence-corrected chi connectivity index (χ3v) is 11.0. The smallest absolute Gasteiger partial charge is 0.335 e. The maximum atomic E-state index is 11.7. The molecule has 0 aromatic carbocycles.